The number of carbonyl (C=O) groups excluding carboxylic acids is 2. The molecule has 24 heavy (non-hydrogen) atoms. The van der Waals surface area contributed by atoms with Gasteiger partial charge in [0, 0.05) is 18.7 Å². The molecule has 1 N–H and O–H groups in total. The van der Waals surface area contributed by atoms with E-state index in [9.17, 15) is 14.0 Å². The number of nitrogens with one attached hydrogen (secondary N) is 1. The Hall–Kier alpha value is -2.00. The average molecular weight is 366 g/mol. The van der Waals surface area contributed by atoms with Crippen molar-refractivity contribution >= 4 is 45.7 Å². The number of thioether (sulfide) groups is 1. The third-order valence-corrected chi connectivity index (χ3v) is 5.39. The van der Waals surface area contributed by atoms with Gasteiger partial charge in [0.2, 0.25) is 16.9 Å². The third kappa shape index (κ3) is 3.73. The molecule has 0 spiro atoms. The van der Waals surface area contributed by atoms with E-state index in [4.69, 9.17) is 0 Å². The van der Waals surface area contributed by atoms with E-state index in [0.717, 1.165) is 10.1 Å². The Kier molecular flexibility index (Phi) is 5.10. The Morgan fingerprint density at radius 2 is 2.17 bits per heavy atom. The van der Waals surface area contributed by atoms with Gasteiger partial charge in [0.05, 0.1) is 5.92 Å². The van der Waals surface area contributed by atoms with E-state index in [2.05, 4.69) is 15.5 Å². The molecule has 2 heterocycles. The molecule has 1 aliphatic heterocycles. The van der Waals surface area contributed by atoms with Crippen LogP contribution in [0.2, 0.25) is 0 Å². The molecule has 0 saturated carbocycles. The zero-order valence-corrected chi connectivity index (χ0v) is 14.5. The number of nitrogens with zero attached hydrogens (tertiary/aromatic N) is 3. The number of hydrogen-bond acceptors (Lipinski definition) is 6. The van der Waals surface area contributed by atoms with E-state index in [1.807, 2.05) is 6.92 Å². The second-order valence-corrected chi connectivity index (χ2v) is 7.67. The molecule has 6 nitrogen and oxygen atoms in total. The second kappa shape index (κ2) is 7.27. The number of rotatable bonds is 5. The Bertz CT molecular complexity index is 750. The van der Waals surface area contributed by atoms with Crippen molar-refractivity contribution in [3.63, 3.8) is 0 Å². The molecular formula is C15H15FN4O2S2. The second-order valence-electron chi connectivity index (χ2n) is 5.18. The average Bonchev–Trinajstić information content (AvgIpc) is 3.15. The molecule has 1 saturated heterocycles. The minimum Gasteiger partial charge on any atom is -0.312 e. The van der Waals surface area contributed by atoms with Gasteiger partial charge in [-0.1, -0.05) is 30.0 Å². The van der Waals surface area contributed by atoms with Crippen LogP contribution in [0.1, 0.15) is 13.3 Å². The largest absolute Gasteiger partial charge is 0.312 e. The molecule has 0 bridgehead atoms. The smallest absolute Gasteiger partial charge is 0.231 e. The van der Waals surface area contributed by atoms with Gasteiger partial charge in [0.25, 0.3) is 0 Å². The van der Waals surface area contributed by atoms with Gasteiger partial charge in [0.1, 0.15) is 5.82 Å². The van der Waals surface area contributed by atoms with E-state index < -0.39 is 5.92 Å². The van der Waals surface area contributed by atoms with Crippen LogP contribution in [-0.4, -0.2) is 34.3 Å². The van der Waals surface area contributed by atoms with Crippen LogP contribution in [0.5, 0.6) is 0 Å². The monoisotopic (exact) mass is 366 g/mol. The van der Waals surface area contributed by atoms with Crippen LogP contribution >= 0.6 is 23.1 Å². The van der Waals surface area contributed by atoms with Gasteiger partial charge in [-0.3, -0.25) is 9.59 Å². The topological polar surface area (TPSA) is 75.2 Å². The van der Waals surface area contributed by atoms with Crippen molar-refractivity contribution in [2.24, 2.45) is 5.92 Å². The molecule has 1 atom stereocenters. The van der Waals surface area contributed by atoms with Crippen molar-refractivity contribution in [3.8, 4) is 0 Å². The fourth-order valence-corrected chi connectivity index (χ4v) is 4.06. The van der Waals surface area contributed by atoms with Crippen molar-refractivity contribution in [2.45, 2.75) is 17.7 Å². The lowest BCUT2D eigenvalue weighted by atomic mass is 10.1. The lowest BCUT2D eigenvalue weighted by Crippen LogP contribution is -2.28. The van der Waals surface area contributed by atoms with Gasteiger partial charge in [-0.05, 0) is 30.0 Å². The Morgan fingerprint density at radius 3 is 2.88 bits per heavy atom. The third-order valence-electron chi connectivity index (χ3n) is 3.54. The standard InChI is InChI=1S/C15H15FN4O2S2/c1-2-23-15-19-18-14(24-15)17-13(22)9-7-12(21)20(8-9)11-5-3-10(16)4-6-11/h3-6,9H,2,7-8H2,1H3,(H,17,18,22)/t9-/m0/s1. The van der Waals surface area contributed by atoms with Crippen LogP contribution in [0.4, 0.5) is 15.2 Å². The summed E-state index contributed by atoms with van der Waals surface area (Å²) < 4.78 is 13.8. The Balaban J connectivity index is 1.64. The van der Waals surface area contributed by atoms with Gasteiger partial charge in [-0.25, -0.2) is 4.39 Å². The van der Waals surface area contributed by atoms with Crippen molar-refractivity contribution in [1.82, 2.24) is 10.2 Å². The molecule has 0 radical (unpaired) electrons. The maximum atomic E-state index is 13.0. The highest BCUT2D eigenvalue weighted by Crippen LogP contribution is 2.28. The molecule has 1 aromatic heterocycles. The molecule has 1 fully saturated rings. The van der Waals surface area contributed by atoms with Gasteiger partial charge in [0.15, 0.2) is 4.34 Å². The number of benzene rings is 1. The van der Waals surface area contributed by atoms with Crippen molar-refractivity contribution in [3.05, 3.63) is 30.1 Å². The van der Waals surface area contributed by atoms with Gasteiger partial charge in [-0.15, -0.1) is 10.2 Å². The summed E-state index contributed by atoms with van der Waals surface area (Å²) in [6, 6.07) is 5.66. The summed E-state index contributed by atoms with van der Waals surface area (Å²) >= 11 is 2.87. The molecule has 2 amide bonds. The number of amides is 2. The van der Waals surface area contributed by atoms with Crippen LogP contribution in [0.15, 0.2) is 28.6 Å². The van der Waals surface area contributed by atoms with Gasteiger partial charge in [-0.2, -0.15) is 0 Å². The zero-order valence-electron chi connectivity index (χ0n) is 12.9. The summed E-state index contributed by atoms with van der Waals surface area (Å²) in [5.41, 5.74) is 0.592. The fourth-order valence-electron chi connectivity index (χ4n) is 2.40. The van der Waals surface area contributed by atoms with Crippen molar-refractivity contribution in [1.29, 1.82) is 0 Å². The fraction of sp³-hybridized carbons (Fsp3) is 0.333. The predicted molar refractivity (Wildman–Crippen MR) is 91.8 cm³/mol. The SMILES string of the molecule is CCSc1nnc(NC(=O)[C@H]2CC(=O)N(c3ccc(F)cc3)C2)s1. The van der Waals surface area contributed by atoms with Gasteiger partial charge >= 0.3 is 0 Å². The maximum Gasteiger partial charge on any atom is 0.231 e. The minimum atomic E-state index is -0.464. The Morgan fingerprint density at radius 1 is 1.42 bits per heavy atom. The Labute approximate surface area is 146 Å². The first-order valence-electron chi connectivity index (χ1n) is 7.40. The van der Waals surface area contributed by atoms with E-state index in [0.29, 0.717) is 10.8 Å². The van der Waals surface area contributed by atoms with Crippen LogP contribution in [-0.2, 0) is 9.59 Å². The summed E-state index contributed by atoms with van der Waals surface area (Å²) in [7, 11) is 0. The molecular weight excluding hydrogens is 351 g/mol. The predicted octanol–water partition coefficient (Wildman–Crippen LogP) is 2.78. The maximum absolute atomic E-state index is 13.0. The summed E-state index contributed by atoms with van der Waals surface area (Å²) in [6.07, 6.45) is 0.124. The molecule has 0 unspecified atom stereocenters. The highest BCUT2D eigenvalue weighted by atomic mass is 32.2. The van der Waals surface area contributed by atoms with E-state index in [1.165, 1.54) is 40.5 Å². The molecule has 2 aromatic rings. The number of carbonyl (C=O) groups is 2. The summed E-state index contributed by atoms with van der Waals surface area (Å²) in [5, 5.41) is 11.1. The highest BCUT2D eigenvalue weighted by molar-refractivity contribution is 8.01. The first-order chi connectivity index (χ1) is 11.6. The molecule has 1 aromatic carbocycles. The number of aromatic nitrogens is 2. The minimum absolute atomic E-state index is 0.124. The first kappa shape index (κ1) is 16.8. The van der Waals surface area contributed by atoms with E-state index in [1.54, 1.807) is 11.8 Å². The van der Waals surface area contributed by atoms with Gasteiger partial charge < -0.3 is 10.2 Å². The molecule has 3 rings (SSSR count). The lowest BCUT2D eigenvalue weighted by molar-refractivity contribution is -0.122. The summed E-state index contributed by atoms with van der Waals surface area (Å²) in [5.74, 6) is -0.351. The molecule has 0 aliphatic carbocycles. The lowest BCUT2D eigenvalue weighted by Gasteiger charge is -2.16. The van der Waals surface area contributed by atoms with Crippen LogP contribution in [0, 0.1) is 11.7 Å². The van der Waals surface area contributed by atoms with Crippen LogP contribution < -0.4 is 10.2 Å². The number of hydrogen-bond donors (Lipinski definition) is 1. The number of anilines is 2. The van der Waals surface area contributed by atoms with E-state index in [-0.39, 0.29) is 30.6 Å². The zero-order chi connectivity index (χ0) is 17.1. The van der Waals surface area contributed by atoms with Crippen molar-refractivity contribution < 1.29 is 14.0 Å². The highest BCUT2D eigenvalue weighted by Gasteiger charge is 2.35. The van der Waals surface area contributed by atoms with Crippen LogP contribution in [0.3, 0.4) is 0 Å². The quantitative estimate of drug-likeness (QED) is 0.650. The normalized spacial score (nSPS) is 17.3. The summed E-state index contributed by atoms with van der Waals surface area (Å²) in [6.45, 7) is 2.28. The molecule has 126 valence electrons. The van der Waals surface area contributed by atoms with Crippen LogP contribution in [0.25, 0.3) is 0 Å². The first-order valence-corrected chi connectivity index (χ1v) is 9.20. The number of halogens is 1. The molecule has 9 heteroatoms. The summed E-state index contributed by atoms with van der Waals surface area (Å²) in [4.78, 5) is 26.0. The molecule has 1 aliphatic rings. The van der Waals surface area contributed by atoms with Crippen molar-refractivity contribution in [2.75, 3.05) is 22.5 Å². The van der Waals surface area contributed by atoms with E-state index >= 15 is 0 Å².